The Morgan fingerprint density at radius 3 is 2.48 bits per heavy atom. The van der Waals surface area contributed by atoms with Gasteiger partial charge in [0, 0.05) is 11.1 Å². The molecule has 2 N–H and O–H groups in total. The van der Waals surface area contributed by atoms with Gasteiger partial charge < -0.3 is 10.5 Å². The molecule has 2 rings (SSSR count). The maximum absolute atomic E-state index is 6.03. The van der Waals surface area contributed by atoms with Crippen molar-refractivity contribution < 1.29 is 4.74 Å². The molecule has 0 aliphatic heterocycles. The van der Waals surface area contributed by atoms with Gasteiger partial charge in [0.05, 0.1) is 10.0 Å². The number of rotatable bonds is 5. The van der Waals surface area contributed by atoms with Crippen LogP contribution in [0.3, 0.4) is 0 Å². The first kappa shape index (κ1) is 16.4. The molecule has 0 amide bonds. The minimum atomic E-state index is 0.0378. The van der Waals surface area contributed by atoms with Gasteiger partial charge >= 0.3 is 0 Å². The fourth-order valence-electron chi connectivity index (χ4n) is 1.99. The molecule has 0 fully saturated rings. The lowest BCUT2D eigenvalue weighted by Gasteiger charge is -2.14. The number of ether oxygens (including phenoxy) is 1. The molecule has 0 aliphatic rings. The summed E-state index contributed by atoms with van der Waals surface area (Å²) in [5.41, 5.74) is 7.80. The summed E-state index contributed by atoms with van der Waals surface area (Å²) in [6, 6.07) is 11.0. The van der Waals surface area contributed by atoms with E-state index < -0.39 is 0 Å². The summed E-state index contributed by atoms with van der Waals surface area (Å²) in [6.45, 7) is 2.36. The number of hydrogen-bond acceptors (Lipinski definition) is 2. The molecular formula is C16H16Cl3NO. The minimum Gasteiger partial charge on any atom is -0.489 e. The fraction of sp³-hybridized carbons (Fsp3) is 0.250. The van der Waals surface area contributed by atoms with Crippen molar-refractivity contribution in [2.24, 2.45) is 5.73 Å². The first-order valence-electron chi connectivity index (χ1n) is 6.56. The van der Waals surface area contributed by atoms with Crippen molar-refractivity contribution in [3.05, 3.63) is 62.6 Å². The van der Waals surface area contributed by atoms with Crippen LogP contribution in [0, 0.1) is 0 Å². The predicted octanol–water partition coefficient (Wildman–Crippen LogP) is 5.12. The van der Waals surface area contributed by atoms with Gasteiger partial charge in [-0.1, -0.05) is 40.9 Å². The second kappa shape index (κ2) is 7.37. The summed E-state index contributed by atoms with van der Waals surface area (Å²) >= 11 is 17.9. The van der Waals surface area contributed by atoms with E-state index in [0.29, 0.717) is 28.1 Å². The third kappa shape index (κ3) is 4.79. The molecule has 0 aliphatic carbocycles. The maximum Gasteiger partial charge on any atom is 0.123 e. The maximum atomic E-state index is 6.03. The standard InChI is InChI=1S/C16H16Cl3NO/c1-10(20)6-12-8-13(17)3-5-16(12)21-9-11-2-4-14(18)15(19)7-11/h2-5,7-8,10H,6,9,20H2,1H3. The molecule has 0 saturated heterocycles. The van der Waals surface area contributed by atoms with Crippen molar-refractivity contribution in [2.75, 3.05) is 0 Å². The fourth-order valence-corrected chi connectivity index (χ4v) is 2.50. The first-order valence-corrected chi connectivity index (χ1v) is 7.70. The van der Waals surface area contributed by atoms with E-state index in [9.17, 15) is 0 Å². The van der Waals surface area contributed by atoms with Gasteiger partial charge in [0.25, 0.3) is 0 Å². The largest absolute Gasteiger partial charge is 0.489 e. The van der Waals surface area contributed by atoms with Crippen LogP contribution >= 0.6 is 34.8 Å². The van der Waals surface area contributed by atoms with Crippen LogP contribution in [0.2, 0.25) is 15.1 Å². The summed E-state index contributed by atoms with van der Waals surface area (Å²) in [6.07, 6.45) is 0.706. The van der Waals surface area contributed by atoms with Gasteiger partial charge in [0.2, 0.25) is 0 Å². The van der Waals surface area contributed by atoms with E-state index in [1.165, 1.54) is 0 Å². The van der Waals surface area contributed by atoms with Crippen molar-refractivity contribution in [2.45, 2.75) is 26.0 Å². The van der Waals surface area contributed by atoms with E-state index in [1.54, 1.807) is 18.2 Å². The highest BCUT2D eigenvalue weighted by atomic mass is 35.5. The SMILES string of the molecule is CC(N)Cc1cc(Cl)ccc1OCc1ccc(Cl)c(Cl)c1. The molecular weight excluding hydrogens is 329 g/mol. The van der Waals surface area contributed by atoms with Crippen molar-refractivity contribution in [1.82, 2.24) is 0 Å². The molecule has 0 heterocycles. The highest BCUT2D eigenvalue weighted by Crippen LogP contribution is 2.26. The van der Waals surface area contributed by atoms with Crippen molar-refractivity contribution >= 4 is 34.8 Å². The van der Waals surface area contributed by atoms with Gasteiger partial charge in [0.15, 0.2) is 0 Å². The van der Waals surface area contributed by atoms with Gasteiger partial charge in [-0.15, -0.1) is 0 Å². The topological polar surface area (TPSA) is 35.2 Å². The van der Waals surface area contributed by atoms with Crippen molar-refractivity contribution in [3.8, 4) is 5.75 Å². The minimum absolute atomic E-state index is 0.0378. The van der Waals surface area contributed by atoms with Gasteiger partial charge in [-0.05, 0) is 54.8 Å². The van der Waals surface area contributed by atoms with E-state index in [1.807, 2.05) is 25.1 Å². The third-order valence-electron chi connectivity index (χ3n) is 2.94. The lowest BCUT2D eigenvalue weighted by molar-refractivity contribution is 0.302. The molecule has 0 spiro atoms. The Kier molecular flexibility index (Phi) is 5.77. The number of benzene rings is 2. The zero-order valence-electron chi connectivity index (χ0n) is 11.6. The number of halogens is 3. The Morgan fingerprint density at radius 1 is 1.05 bits per heavy atom. The lowest BCUT2D eigenvalue weighted by atomic mass is 10.1. The quantitative estimate of drug-likeness (QED) is 0.817. The molecule has 0 radical (unpaired) electrons. The molecule has 2 nitrogen and oxygen atoms in total. The summed E-state index contributed by atoms with van der Waals surface area (Å²) in [7, 11) is 0. The summed E-state index contributed by atoms with van der Waals surface area (Å²) in [5.74, 6) is 0.780. The van der Waals surface area contributed by atoms with E-state index in [4.69, 9.17) is 45.3 Å². The predicted molar refractivity (Wildman–Crippen MR) is 89.6 cm³/mol. The Hall–Kier alpha value is -0.930. The number of nitrogens with two attached hydrogens (primary N) is 1. The molecule has 1 unspecified atom stereocenters. The highest BCUT2D eigenvalue weighted by molar-refractivity contribution is 6.42. The Balaban J connectivity index is 2.13. The van der Waals surface area contributed by atoms with Crippen LogP contribution in [0.4, 0.5) is 0 Å². The first-order chi connectivity index (χ1) is 9.95. The molecule has 2 aromatic carbocycles. The average molecular weight is 345 g/mol. The normalized spacial score (nSPS) is 12.2. The molecule has 5 heteroatoms. The third-order valence-corrected chi connectivity index (χ3v) is 3.92. The monoisotopic (exact) mass is 343 g/mol. The van der Waals surface area contributed by atoms with Crippen LogP contribution in [0.1, 0.15) is 18.1 Å². The van der Waals surface area contributed by atoms with Gasteiger partial charge in [0.1, 0.15) is 12.4 Å². The van der Waals surface area contributed by atoms with Crippen molar-refractivity contribution in [3.63, 3.8) is 0 Å². The second-order valence-corrected chi connectivity index (χ2v) is 6.22. The average Bonchev–Trinajstić information content (AvgIpc) is 2.41. The Labute approximate surface area is 139 Å². The lowest BCUT2D eigenvalue weighted by Crippen LogP contribution is -2.18. The smallest absolute Gasteiger partial charge is 0.123 e. The number of hydrogen-bond donors (Lipinski definition) is 1. The van der Waals surface area contributed by atoms with Crippen LogP contribution in [-0.4, -0.2) is 6.04 Å². The van der Waals surface area contributed by atoms with Crippen molar-refractivity contribution in [1.29, 1.82) is 0 Å². The summed E-state index contributed by atoms with van der Waals surface area (Å²) in [4.78, 5) is 0. The van der Waals surface area contributed by atoms with Gasteiger partial charge in [-0.3, -0.25) is 0 Å². The van der Waals surface area contributed by atoms with E-state index in [-0.39, 0.29) is 6.04 Å². The van der Waals surface area contributed by atoms with E-state index >= 15 is 0 Å². The van der Waals surface area contributed by atoms with Crippen LogP contribution < -0.4 is 10.5 Å². The zero-order chi connectivity index (χ0) is 15.4. The Bertz CT molecular complexity index is 629. The summed E-state index contributed by atoms with van der Waals surface area (Å²) < 4.78 is 5.86. The van der Waals surface area contributed by atoms with E-state index in [2.05, 4.69) is 0 Å². The molecule has 2 aromatic rings. The summed E-state index contributed by atoms with van der Waals surface area (Å²) in [5, 5.41) is 1.72. The zero-order valence-corrected chi connectivity index (χ0v) is 13.8. The highest BCUT2D eigenvalue weighted by Gasteiger charge is 2.08. The van der Waals surface area contributed by atoms with Gasteiger partial charge in [-0.2, -0.15) is 0 Å². The van der Waals surface area contributed by atoms with Gasteiger partial charge in [-0.25, -0.2) is 0 Å². The second-order valence-electron chi connectivity index (χ2n) is 4.97. The molecule has 0 aromatic heterocycles. The van der Waals surface area contributed by atoms with Crippen LogP contribution in [0.15, 0.2) is 36.4 Å². The van der Waals surface area contributed by atoms with Crippen LogP contribution in [0.5, 0.6) is 5.75 Å². The van der Waals surface area contributed by atoms with E-state index in [0.717, 1.165) is 16.9 Å². The molecule has 21 heavy (non-hydrogen) atoms. The molecule has 1 atom stereocenters. The molecule has 112 valence electrons. The van der Waals surface area contributed by atoms with Crippen LogP contribution in [-0.2, 0) is 13.0 Å². The Morgan fingerprint density at radius 2 is 1.81 bits per heavy atom. The molecule has 0 bridgehead atoms. The molecule has 0 saturated carbocycles. The van der Waals surface area contributed by atoms with Crippen LogP contribution in [0.25, 0.3) is 0 Å².